The van der Waals surface area contributed by atoms with Gasteiger partial charge in [-0.05, 0) is 44.2 Å². The van der Waals surface area contributed by atoms with Gasteiger partial charge in [-0.1, -0.05) is 0 Å². The summed E-state index contributed by atoms with van der Waals surface area (Å²) < 4.78 is 2.15. The fourth-order valence-corrected chi connectivity index (χ4v) is 3.85. The summed E-state index contributed by atoms with van der Waals surface area (Å²) in [5.41, 5.74) is 6.67. The Bertz CT molecular complexity index is 1020. The third-order valence-corrected chi connectivity index (χ3v) is 5.57. The van der Waals surface area contributed by atoms with Crippen molar-refractivity contribution in [2.24, 2.45) is 4.99 Å². The summed E-state index contributed by atoms with van der Waals surface area (Å²) in [5, 5.41) is 3.41. The van der Waals surface area contributed by atoms with Gasteiger partial charge in [0.1, 0.15) is 11.5 Å². The van der Waals surface area contributed by atoms with Gasteiger partial charge in [0.25, 0.3) is 0 Å². The van der Waals surface area contributed by atoms with Crippen molar-refractivity contribution >= 4 is 17.2 Å². The summed E-state index contributed by atoms with van der Waals surface area (Å²) in [6, 6.07) is 4.18. The average Bonchev–Trinajstić information content (AvgIpc) is 3.01. The number of fused-ring (bicyclic) bond motifs is 2. The Labute approximate surface area is 159 Å². The Hall–Kier alpha value is -2.86. The van der Waals surface area contributed by atoms with E-state index in [-0.39, 0.29) is 0 Å². The van der Waals surface area contributed by atoms with Crippen LogP contribution in [0.4, 0.5) is 0 Å². The van der Waals surface area contributed by atoms with Crippen molar-refractivity contribution in [3.05, 3.63) is 65.4 Å². The second kappa shape index (κ2) is 6.39. The van der Waals surface area contributed by atoms with Gasteiger partial charge in [-0.3, -0.25) is 0 Å². The molecule has 0 saturated carbocycles. The SMILES string of the molecule is Cc1nc2ccc(C3=CCN4C=C(N5CCNCC5)C=CC4=N3)cn2c1C. The van der Waals surface area contributed by atoms with E-state index < -0.39 is 0 Å². The molecule has 0 aliphatic carbocycles. The summed E-state index contributed by atoms with van der Waals surface area (Å²) >= 11 is 0. The van der Waals surface area contributed by atoms with Gasteiger partial charge in [-0.2, -0.15) is 0 Å². The maximum absolute atomic E-state index is 4.90. The molecule has 3 aliphatic heterocycles. The number of aryl methyl sites for hydroxylation is 2. The van der Waals surface area contributed by atoms with Crippen LogP contribution in [0.15, 0.2) is 53.4 Å². The summed E-state index contributed by atoms with van der Waals surface area (Å²) in [6.07, 6.45) is 10.9. The zero-order valence-electron chi connectivity index (χ0n) is 15.8. The number of aliphatic imine (C=N–C) groups is 1. The van der Waals surface area contributed by atoms with Gasteiger partial charge in [0.05, 0.1) is 17.1 Å². The van der Waals surface area contributed by atoms with Crippen molar-refractivity contribution in [1.29, 1.82) is 0 Å². The van der Waals surface area contributed by atoms with Crippen molar-refractivity contribution in [3.63, 3.8) is 0 Å². The lowest BCUT2D eigenvalue weighted by Gasteiger charge is -2.34. The number of hydrogen-bond donors (Lipinski definition) is 1. The number of aromatic nitrogens is 2. The fourth-order valence-electron chi connectivity index (χ4n) is 3.85. The lowest BCUT2D eigenvalue weighted by molar-refractivity contribution is 0.302. The molecule has 1 N–H and O–H groups in total. The molecule has 0 unspecified atom stereocenters. The standard InChI is InChI=1S/C21H24N6/c1-15-16(2)27-13-17(3-5-21(27)23-15)19-7-10-26-14-18(4-6-20(26)24-19)25-11-8-22-9-12-25/h3-7,13-14,22H,8-12H2,1-2H3. The van der Waals surface area contributed by atoms with Crippen LogP contribution in [-0.4, -0.2) is 57.7 Å². The van der Waals surface area contributed by atoms with Gasteiger partial charge in [0, 0.05) is 56.4 Å². The summed E-state index contributed by atoms with van der Waals surface area (Å²) in [7, 11) is 0. The molecule has 0 amide bonds. The molecule has 138 valence electrons. The van der Waals surface area contributed by atoms with Crippen molar-refractivity contribution in [1.82, 2.24) is 24.5 Å². The predicted molar refractivity (Wildman–Crippen MR) is 108 cm³/mol. The maximum Gasteiger partial charge on any atom is 0.137 e. The molecule has 0 spiro atoms. The number of rotatable bonds is 2. The highest BCUT2D eigenvalue weighted by molar-refractivity contribution is 6.00. The van der Waals surface area contributed by atoms with Gasteiger partial charge < -0.3 is 19.5 Å². The average molecular weight is 360 g/mol. The zero-order valence-corrected chi connectivity index (χ0v) is 15.8. The molecule has 5 rings (SSSR count). The van der Waals surface area contributed by atoms with E-state index in [4.69, 9.17) is 4.99 Å². The van der Waals surface area contributed by atoms with Crippen LogP contribution in [0.5, 0.6) is 0 Å². The predicted octanol–water partition coefficient (Wildman–Crippen LogP) is 2.32. The first-order valence-electron chi connectivity index (χ1n) is 9.56. The molecule has 0 radical (unpaired) electrons. The minimum atomic E-state index is 0.841. The van der Waals surface area contributed by atoms with E-state index in [1.807, 2.05) is 0 Å². The molecule has 2 aromatic heterocycles. The number of hydrogen-bond acceptors (Lipinski definition) is 5. The second-order valence-corrected chi connectivity index (χ2v) is 7.26. The van der Waals surface area contributed by atoms with E-state index in [1.165, 1.54) is 11.4 Å². The van der Waals surface area contributed by atoms with Crippen LogP contribution in [0.25, 0.3) is 11.3 Å². The Morgan fingerprint density at radius 2 is 1.93 bits per heavy atom. The van der Waals surface area contributed by atoms with Gasteiger partial charge in [0.2, 0.25) is 0 Å². The van der Waals surface area contributed by atoms with E-state index in [9.17, 15) is 0 Å². The second-order valence-electron chi connectivity index (χ2n) is 7.26. The van der Waals surface area contributed by atoms with Crippen LogP contribution >= 0.6 is 0 Å². The number of amidine groups is 1. The van der Waals surface area contributed by atoms with Crippen LogP contribution in [0.2, 0.25) is 0 Å². The Morgan fingerprint density at radius 1 is 1.07 bits per heavy atom. The molecule has 2 aromatic rings. The zero-order chi connectivity index (χ0) is 18.4. The van der Waals surface area contributed by atoms with Gasteiger partial charge >= 0.3 is 0 Å². The third kappa shape index (κ3) is 2.86. The minimum absolute atomic E-state index is 0.841. The van der Waals surface area contributed by atoms with E-state index in [0.717, 1.165) is 61.2 Å². The quantitative estimate of drug-likeness (QED) is 0.893. The number of allylic oxidation sites excluding steroid dienone is 1. The molecule has 1 saturated heterocycles. The highest BCUT2D eigenvalue weighted by Crippen LogP contribution is 2.25. The molecule has 3 aliphatic rings. The first-order valence-corrected chi connectivity index (χ1v) is 9.56. The molecule has 0 aromatic carbocycles. The number of pyridine rings is 1. The smallest absolute Gasteiger partial charge is 0.137 e. The molecule has 6 heteroatoms. The Morgan fingerprint density at radius 3 is 2.78 bits per heavy atom. The molecule has 6 nitrogen and oxygen atoms in total. The number of nitrogens with one attached hydrogen (secondary N) is 1. The van der Waals surface area contributed by atoms with Crippen LogP contribution in [0.3, 0.4) is 0 Å². The summed E-state index contributed by atoms with van der Waals surface area (Å²) in [5.74, 6) is 1.00. The van der Waals surface area contributed by atoms with E-state index in [0.29, 0.717) is 0 Å². The van der Waals surface area contributed by atoms with Crippen LogP contribution in [0.1, 0.15) is 17.0 Å². The topological polar surface area (TPSA) is 48.2 Å². The van der Waals surface area contributed by atoms with Crippen LogP contribution in [-0.2, 0) is 0 Å². The molecular weight excluding hydrogens is 336 g/mol. The molecule has 1 fully saturated rings. The molecule has 5 heterocycles. The molecule has 0 atom stereocenters. The Balaban J connectivity index is 1.41. The molecular formula is C21H24N6. The van der Waals surface area contributed by atoms with Gasteiger partial charge in [-0.25, -0.2) is 9.98 Å². The summed E-state index contributed by atoms with van der Waals surface area (Å²) in [6.45, 7) is 9.21. The largest absolute Gasteiger partial charge is 0.368 e. The van der Waals surface area contributed by atoms with E-state index in [2.05, 4.69) is 81.1 Å². The van der Waals surface area contributed by atoms with Crippen molar-refractivity contribution < 1.29 is 0 Å². The maximum atomic E-state index is 4.90. The van der Waals surface area contributed by atoms with E-state index >= 15 is 0 Å². The highest BCUT2D eigenvalue weighted by Gasteiger charge is 2.20. The number of piperazine rings is 1. The Kier molecular flexibility index (Phi) is 3.86. The van der Waals surface area contributed by atoms with Crippen LogP contribution in [0, 0.1) is 13.8 Å². The highest BCUT2D eigenvalue weighted by atomic mass is 15.2. The summed E-state index contributed by atoms with van der Waals surface area (Å²) in [4.78, 5) is 14.2. The molecule has 0 bridgehead atoms. The van der Waals surface area contributed by atoms with Crippen molar-refractivity contribution in [3.8, 4) is 0 Å². The van der Waals surface area contributed by atoms with Crippen LogP contribution < -0.4 is 5.32 Å². The molecule has 27 heavy (non-hydrogen) atoms. The normalized spacial score (nSPS) is 19.7. The lowest BCUT2D eigenvalue weighted by atomic mass is 10.1. The van der Waals surface area contributed by atoms with Gasteiger partial charge in [0.15, 0.2) is 0 Å². The van der Waals surface area contributed by atoms with Crippen molar-refractivity contribution in [2.75, 3.05) is 32.7 Å². The minimum Gasteiger partial charge on any atom is -0.368 e. The van der Waals surface area contributed by atoms with Crippen molar-refractivity contribution in [2.45, 2.75) is 13.8 Å². The fraction of sp³-hybridized carbons (Fsp3) is 0.333. The number of imidazole rings is 1. The van der Waals surface area contributed by atoms with E-state index in [1.54, 1.807) is 0 Å². The first kappa shape index (κ1) is 16.3. The lowest BCUT2D eigenvalue weighted by Crippen LogP contribution is -2.44. The number of nitrogens with zero attached hydrogens (tertiary/aromatic N) is 5. The first-order chi connectivity index (χ1) is 13.2. The monoisotopic (exact) mass is 360 g/mol. The third-order valence-electron chi connectivity index (χ3n) is 5.57. The van der Waals surface area contributed by atoms with Gasteiger partial charge in [-0.15, -0.1) is 0 Å².